The molecule has 0 N–H and O–H groups in total. The van der Waals surface area contributed by atoms with Gasteiger partial charge in [0.15, 0.2) is 0 Å². The molecule has 0 aliphatic heterocycles. The fourth-order valence-corrected chi connectivity index (χ4v) is 8.60. The zero-order valence-corrected chi connectivity index (χ0v) is 26.2. The van der Waals surface area contributed by atoms with E-state index >= 15 is 0 Å². The number of para-hydroxylation sites is 1. The third-order valence-corrected chi connectivity index (χ3v) is 10.6. The SMILES string of the molecule is c1cc(-c2cccc3c2sc2ccccc23)cc(N(c2cc3ccccc3c3ccccc23)c2cccc3oc4ccccc4c23)c1. The third kappa shape index (κ3) is 4.04. The first-order valence-corrected chi connectivity index (χ1v) is 16.7. The summed E-state index contributed by atoms with van der Waals surface area (Å²) in [5.74, 6) is 0. The van der Waals surface area contributed by atoms with E-state index in [0.29, 0.717) is 0 Å². The normalized spacial score (nSPS) is 11.8. The molecule has 10 rings (SSSR count). The lowest BCUT2D eigenvalue weighted by Gasteiger charge is -2.28. The van der Waals surface area contributed by atoms with Gasteiger partial charge in [0.05, 0.1) is 16.8 Å². The van der Waals surface area contributed by atoms with Crippen LogP contribution in [0.4, 0.5) is 17.1 Å². The predicted molar refractivity (Wildman–Crippen MR) is 202 cm³/mol. The first-order chi connectivity index (χ1) is 23.3. The lowest BCUT2D eigenvalue weighted by molar-refractivity contribution is 0.669. The molecule has 2 heterocycles. The van der Waals surface area contributed by atoms with Crippen LogP contribution in [0.15, 0.2) is 168 Å². The standard InChI is InChI=1S/C44H27NOS/c1-2-15-31-29(12-1)27-39(34-17-4-3-16-33(31)34)45(38-22-11-24-41-43(38)37-19-5-7-23-40(37)46-41)30-14-9-13-28(26-30)32-20-10-21-36-35-18-6-8-25-42(35)47-44(32)36/h1-27H. The minimum absolute atomic E-state index is 0.880. The average molecular weight is 618 g/mol. The van der Waals surface area contributed by atoms with E-state index in [1.54, 1.807) is 0 Å². The number of rotatable bonds is 4. The van der Waals surface area contributed by atoms with Crippen molar-refractivity contribution in [2.75, 3.05) is 4.90 Å². The topological polar surface area (TPSA) is 16.4 Å². The van der Waals surface area contributed by atoms with Crippen molar-refractivity contribution in [3.8, 4) is 11.1 Å². The molecule has 220 valence electrons. The molecular formula is C44H27NOS. The minimum atomic E-state index is 0.880. The van der Waals surface area contributed by atoms with Crippen molar-refractivity contribution in [3.05, 3.63) is 164 Å². The first kappa shape index (κ1) is 26.3. The molecule has 0 spiro atoms. The molecule has 10 aromatic rings. The van der Waals surface area contributed by atoms with Crippen LogP contribution in [0.25, 0.3) is 74.8 Å². The molecule has 2 aromatic heterocycles. The molecule has 0 saturated carbocycles. The number of furan rings is 1. The van der Waals surface area contributed by atoms with E-state index in [0.717, 1.165) is 39.0 Å². The number of thiophene rings is 1. The first-order valence-electron chi connectivity index (χ1n) is 15.9. The van der Waals surface area contributed by atoms with Gasteiger partial charge in [-0.1, -0.05) is 121 Å². The van der Waals surface area contributed by atoms with Gasteiger partial charge in [0.2, 0.25) is 0 Å². The summed E-state index contributed by atoms with van der Waals surface area (Å²) in [4.78, 5) is 2.44. The van der Waals surface area contributed by atoms with Gasteiger partial charge in [0.25, 0.3) is 0 Å². The number of nitrogens with zero attached hydrogens (tertiary/aromatic N) is 1. The van der Waals surface area contributed by atoms with E-state index in [2.05, 4.69) is 163 Å². The zero-order valence-electron chi connectivity index (χ0n) is 25.4. The van der Waals surface area contributed by atoms with Crippen molar-refractivity contribution < 1.29 is 4.42 Å². The Morgan fingerprint density at radius 3 is 2.04 bits per heavy atom. The lowest BCUT2D eigenvalue weighted by atomic mass is 9.97. The van der Waals surface area contributed by atoms with E-state index in [9.17, 15) is 0 Å². The number of fused-ring (bicyclic) bond motifs is 9. The van der Waals surface area contributed by atoms with Gasteiger partial charge in [-0.25, -0.2) is 0 Å². The van der Waals surface area contributed by atoms with Gasteiger partial charge in [-0.3, -0.25) is 0 Å². The Labute approximate surface area is 275 Å². The second-order valence-electron chi connectivity index (χ2n) is 12.1. The zero-order chi connectivity index (χ0) is 30.9. The molecule has 2 nitrogen and oxygen atoms in total. The Bertz CT molecular complexity index is 2820. The molecule has 0 aliphatic carbocycles. The summed E-state index contributed by atoms with van der Waals surface area (Å²) in [5, 5.41) is 9.74. The molecule has 47 heavy (non-hydrogen) atoms. The van der Waals surface area contributed by atoms with Crippen LogP contribution < -0.4 is 4.90 Å². The van der Waals surface area contributed by atoms with Gasteiger partial charge in [-0.05, 0) is 69.8 Å². The van der Waals surface area contributed by atoms with Crippen molar-refractivity contribution in [2.45, 2.75) is 0 Å². The lowest BCUT2D eigenvalue weighted by Crippen LogP contribution is -2.11. The summed E-state index contributed by atoms with van der Waals surface area (Å²) in [6.07, 6.45) is 0. The molecule has 0 saturated heterocycles. The summed E-state index contributed by atoms with van der Waals surface area (Å²) < 4.78 is 9.05. The van der Waals surface area contributed by atoms with Crippen molar-refractivity contribution in [2.24, 2.45) is 0 Å². The van der Waals surface area contributed by atoms with Crippen molar-refractivity contribution in [1.82, 2.24) is 0 Å². The quantitative estimate of drug-likeness (QED) is 0.183. The highest BCUT2D eigenvalue weighted by Gasteiger charge is 2.22. The van der Waals surface area contributed by atoms with Crippen LogP contribution in [-0.2, 0) is 0 Å². The van der Waals surface area contributed by atoms with Gasteiger partial charge >= 0.3 is 0 Å². The summed E-state index contributed by atoms with van der Waals surface area (Å²) in [6, 6.07) is 59.0. The Kier molecular flexibility index (Phi) is 5.78. The van der Waals surface area contributed by atoms with Gasteiger partial charge in [-0.15, -0.1) is 11.3 Å². The van der Waals surface area contributed by atoms with E-state index in [1.807, 2.05) is 17.4 Å². The highest BCUT2D eigenvalue weighted by atomic mass is 32.1. The molecule has 0 fully saturated rings. The molecule has 3 heteroatoms. The van der Waals surface area contributed by atoms with E-state index < -0.39 is 0 Å². The van der Waals surface area contributed by atoms with Crippen molar-refractivity contribution in [1.29, 1.82) is 0 Å². The predicted octanol–water partition coefficient (Wildman–Crippen LogP) is 13.4. The van der Waals surface area contributed by atoms with Crippen LogP contribution in [0.5, 0.6) is 0 Å². The fourth-order valence-electron chi connectivity index (χ4n) is 7.36. The van der Waals surface area contributed by atoms with Crippen LogP contribution in [0, 0.1) is 0 Å². The van der Waals surface area contributed by atoms with E-state index in [4.69, 9.17) is 4.42 Å². The average Bonchev–Trinajstić information content (AvgIpc) is 3.71. The Morgan fingerprint density at radius 1 is 0.447 bits per heavy atom. The summed E-state index contributed by atoms with van der Waals surface area (Å²) in [7, 11) is 0. The summed E-state index contributed by atoms with van der Waals surface area (Å²) in [6.45, 7) is 0. The van der Waals surface area contributed by atoms with Crippen LogP contribution >= 0.6 is 11.3 Å². The number of anilines is 3. The second kappa shape index (κ2) is 10.3. The number of hydrogen-bond acceptors (Lipinski definition) is 3. The molecule has 0 aliphatic rings. The third-order valence-electron chi connectivity index (χ3n) is 9.43. The summed E-state index contributed by atoms with van der Waals surface area (Å²) >= 11 is 1.87. The van der Waals surface area contributed by atoms with E-state index in [-0.39, 0.29) is 0 Å². The molecule has 0 atom stereocenters. The maximum atomic E-state index is 6.42. The van der Waals surface area contributed by atoms with Crippen LogP contribution in [0.1, 0.15) is 0 Å². The molecular weight excluding hydrogens is 591 g/mol. The molecule has 0 unspecified atom stereocenters. The molecule has 0 bridgehead atoms. The smallest absolute Gasteiger partial charge is 0.137 e. The largest absolute Gasteiger partial charge is 0.456 e. The Hall–Kier alpha value is -5.90. The molecule has 8 aromatic carbocycles. The van der Waals surface area contributed by atoms with Gasteiger partial charge < -0.3 is 9.32 Å². The van der Waals surface area contributed by atoms with Crippen LogP contribution in [0.2, 0.25) is 0 Å². The maximum absolute atomic E-state index is 6.42. The van der Waals surface area contributed by atoms with Gasteiger partial charge in [0.1, 0.15) is 11.2 Å². The molecule has 0 amide bonds. The highest BCUT2D eigenvalue weighted by Crippen LogP contribution is 2.47. The van der Waals surface area contributed by atoms with Crippen LogP contribution in [-0.4, -0.2) is 0 Å². The van der Waals surface area contributed by atoms with Gasteiger partial charge in [0, 0.05) is 36.6 Å². The second-order valence-corrected chi connectivity index (χ2v) is 13.1. The highest BCUT2D eigenvalue weighted by molar-refractivity contribution is 7.26. The minimum Gasteiger partial charge on any atom is -0.456 e. The summed E-state index contributed by atoms with van der Waals surface area (Å²) in [5.41, 5.74) is 7.53. The van der Waals surface area contributed by atoms with Crippen LogP contribution in [0.3, 0.4) is 0 Å². The number of benzene rings is 8. The fraction of sp³-hybridized carbons (Fsp3) is 0. The Morgan fingerprint density at radius 2 is 1.13 bits per heavy atom. The van der Waals surface area contributed by atoms with E-state index in [1.165, 1.54) is 52.8 Å². The van der Waals surface area contributed by atoms with Crippen molar-refractivity contribution in [3.63, 3.8) is 0 Å². The van der Waals surface area contributed by atoms with Crippen molar-refractivity contribution >= 4 is 92.1 Å². The monoisotopic (exact) mass is 617 g/mol. The van der Waals surface area contributed by atoms with Gasteiger partial charge in [-0.2, -0.15) is 0 Å². The maximum Gasteiger partial charge on any atom is 0.137 e. The Balaban J connectivity index is 1.29. The molecule has 0 radical (unpaired) electrons. The number of hydrogen-bond donors (Lipinski definition) is 0.